The molecule has 4 nitrogen and oxygen atoms in total. The van der Waals surface area contributed by atoms with Gasteiger partial charge >= 0.3 is 0 Å². The Labute approximate surface area is 113 Å². The maximum absolute atomic E-state index is 5.68. The fraction of sp³-hybridized carbons (Fsp3) is 0.300. The summed E-state index contributed by atoms with van der Waals surface area (Å²) in [6, 6.07) is 2.14. The van der Waals surface area contributed by atoms with E-state index in [2.05, 4.69) is 40.2 Å². The largest absolute Gasteiger partial charge is 0.349 e. The summed E-state index contributed by atoms with van der Waals surface area (Å²) < 4.78 is 0. The van der Waals surface area contributed by atoms with Crippen molar-refractivity contribution < 1.29 is 0 Å². The molecule has 17 heavy (non-hydrogen) atoms. The van der Waals surface area contributed by atoms with Crippen LogP contribution in [0.2, 0.25) is 10.6 Å². The molecule has 1 N–H and O–H groups in total. The maximum Gasteiger partial charge on any atom is 0.228 e. The van der Waals surface area contributed by atoms with Crippen molar-refractivity contribution in [2.75, 3.05) is 5.32 Å². The van der Waals surface area contributed by atoms with E-state index in [9.17, 15) is 0 Å². The number of hydrogen-bond donors (Lipinski definition) is 1. The summed E-state index contributed by atoms with van der Waals surface area (Å²) in [5.74, 6) is 0.388. The van der Waals surface area contributed by atoms with Crippen LogP contribution in [-0.2, 0) is 6.54 Å². The molecule has 0 radical (unpaired) electrons. The molecule has 0 unspecified atom stereocenters. The molecule has 0 aromatic carbocycles. The molecule has 0 aliphatic heterocycles. The fourth-order valence-electron chi connectivity index (χ4n) is 1.31. The SMILES string of the molecule is Cc1cc(CNc2nc(Cl)nc(Cl)n2)sc1C. The minimum Gasteiger partial charge on any atom is -0.349 e. The van der Waals surface area contributed by atoms with Crippen molar-refractivity contribution in [1.29, 1.82) is 0 Å². The number of halogens is 2. The zero-order chi connectivity index (χ0) is 12.4. The van der Waals surface area contributed by atoms with Crippen LogP contribution in [0.3, 0.4) is 0 Å². The Morgan fingerprint density at radius 2 is 1.82 bits per heavy atom. The zero-order valence-corrected chi connectivity index (χ0v) is 11.6. The molecule has 2 heterocycles. The predicted molar refractivity (Wildman–Crippen MR) is 71.0 cm³/mol. The van der Waals surface area contributed by atoms with Crippen LogP contribution in [0.15, 0.2) is 6.07 Å². The lowest BCUT2D eigenvalue weighted by Gasteiger charge is -2.02. The highest BCUT2D eigenvalue weighted by Crippen LogP contribution is 2.21. The average molecular weight is 289 g/mol. The van der Waals surface area contributed by atoms with Crippen molar-refractivity contribution in [3.8, 4) is 0 Å². The minimum absolute atomic E-state index is 0.0889. The van der Waals surface area contributed by atoms with E-state index >= 15 is 0 Å². The molecular formula is C10H10Cl2N4S. The summed E-state index contributed by atoms with van der Waals surface area (Å²) in [5.41, 5.74) is 1.29. The maximum atomic E-state index is 5.68. The molecule has 90 valence electrons. The number of nitrogens with one attached hydrogen (secondary N) is 1. The molecule has 2 aromatic rings. The molecule has 0 spiro atoms. The first kappa shape index (κ1) is 12.5. The van der Waals surface area contributed by atoms with Crippen LogP contribution in [0.4, 0.5) is 5.95 Å². The van der Waals surface area contributed by atoms with Crippen molar-refractivity contribution in [3.63, 3.8) is 0 Å². The molecule has 0 aliphatic carbocycles. The van der Waals surface area contributed by atoms with Gasteiger partial charge in [0.05, 0.1) is 6.54 Å². The van der Waals surface area contributed by atoms with Crippen LogP contribution in [0.5, 0.6) is 0 Å². The van der Waals surface area contributed by atoms with Crippen molar-refractivity contribution in [2.45, 2.75) is 20.4 Å². The van der Waals surface area contributed by atoms with Gasteiger partial charge in [-0.05, 0) is 48.7 Å². The molecule has 2 rings (SSSR count). The van der Waals surface area contributed by atoms with Crippen LogP contribution in [0.25, 0.3) is 0 Å². The molecule has 0 bridgehead atoms. The minimum atomic E-state index is 0.0889. The third kappa shape index (κ3) is 3.28. The van der Waals surface area contributed by atoms with Crippen LogP contribution in [0, 0.1) is 13.8 Å². The first-order chi connectivity index (χ1) is 8.04. The lowest BCUT2D eigenvalue weighted by atomic mass is 10.3. The van der Waals surface area contributed by atoms with Gasteiger partial charge in [0, 0.05) is 9.75 Å². The molecule has 0 aliphatic rings. The van der Waals surface area contributed by atoms with Crippen LogP contribution in [0.1, 0.15) is 15.3 Å². The Morgan fingerprint density at radius 3 is 2.35 bits per heavy atom. The summed E-state index contributed by atoms with van der Waals surface area (Å²) in [4.78, 5) is 14.1. The van der Waals surface area contributed by atoms with E-state index in [-0.39, 0.29) is 10.6 Å². The molecule has 0 saturated heterocycles. The van der Waals surface area contributed by atoms with E-state index in [1.54, 1.807) is 11.3 Å². The van der Waals surface area contributed by atoms with Gasteiger partial charge in [-0.2, -0.15) is 15.0 Å². The Bertz CT molecular complexity index is 501. The van der Waals surface area contributed by atoms with E-state index in [4.69, 9.17) is 23.2 Å². The standard InChI is InChI=1S/C10H10Cl2N4S/c1-5-3-7(17-6(5)2)4-13-10-15-8(11)14-9(12)16-10/h3H,4H2,1-2H3,(H,13,14,15,16). The number of thiophene rings is 1. The second-order valence-corrected chi connectivity index (χ2v) is 5.52. The lowest BCUT2D eigenvalue weighted by Crippen LogP contribution is -2.03. The summed E-state index contributed by atoms with van der Waals surface area (Å²) in [6.07, 6.45) is 0. The van der Waals surface area contributed by atoms with Crippen molar-refractivity contribution >= 4 is 40.5 Å². The normalized spacial score (nSPS) is 10.6. The third-order valence-electron chi connectivity index (χ3n) is 2.22. The van der Waals surface area contributed by atoms with Crippen LogP contribution in [-0.4, -0.2) is 15.0 Å². The lowest BCUT2D eigenvalue weighted by molar-refractivity contribution is 1.01. The molecule has 0 saturated carbocycles. The first-order valence-electron chi connectivity index (χ1n) is 4.91. The molecule has 0 amide bonds. The topological polar surface area (TPSA) is 50.7 Å². The molecule has 7 heteroatoms. The van der Waals surface area contributed by atoms with Crippen molar-refractivity contribution in [2.24, 2.45) is 0 Å². The predicted octanol–water partition coefficient (Wildman–Crippen LogP) is 3.47. The molecule has 2 aromatic heterocycles. The van der Waals surface area contributed by atoms with E-state index < -0.39 is 0 Å². The second kappa shape index (κ2) is 5.16. The van der Waals surface area contributed by atoms with Gasteiger partial charge in [-0.1, -0.05) is 0 Å². The Morgan fingerprint density at radius 1 is 1.18 bits per heavy atom. The molecule has 0 atom stereocenters. The van der Waals surface area contributed by atoms with E-state index in [0.29, 0.717) is 12.5 Å². The van der Waals surface area contributed by atoms with Gasteiger partial charge in [0.2, 0.25) is 16.5 Å². The van der Waals surface area contributed by atoms with Gasteiger partial charge < -0.3 is 5.32 Å². The van der Waals surface area contributed by atoms with Crippen molar-refractivity contribution in [1.82, 2.24) is 15.0 Å². The number of aromatic nitrogens is 3. The Hall–Kier alpha value is -0.910. The van der Waals surface area contributed by atoms with Gasteiger partial charge in [-0.3, -0.25) is 0 Å². The highest BCUT2D eigenvalue weighted by Gasteiger charge is 2.05. The van der Waals surface area contributed by atoms with Gasteiger partial charge in [0.1, 0.15) is 0 Å². The monoisotopic (exact) mass is 288 g/mol. The van der Waals surface area contributed by atoms with Gasteiger partial charge in [0.25, 0.3) is 0 Å². The zero-order valence-electron chi connectivity index (χ0n) is 9.29. The highest BCUT2D eigenvalue weighted by molar-refractivity contribution is 7.12. The van der Waals surface area contributed by atoms with E-state index in [1.807, 2.05) is 0 Å². The number of aryl methyl sites for hydroxylation is 2. The summed E-state index contributed by atoms with van der Waals surface area (Å²) in [7, 11) is 0. The van der Waals surface area contributed by atoms with E-state index in [0.717, 1.165) is 0 Å². The Kier molecular flexibility index (Phi) is 3.81. The average Bonchev–Trinajstić information content (AvgIpc) is 2.54. The van der Waals surface area contributed by atoms with Gasteiger partial charge in [-0.25, -0.2) is 0 Å². The number of nitrogens with zero attached hydrogens (tertiary/aromatic N) is 3. The van der Waals surface area contributed by atoms with E-state index in [1.165, 1.54) is 15.3 Å². The van der Waals surface area contributed by atoms with Crippen LogP contribution >= 0.6 is 34.5 Å². The number of hydrogen-bond acceptors (Lipinski definition) is 5. The summed E-state index contributed by atoms with van der Waals surface area (Å²) >= 11 is 13.1. The summed E-state index contributed by atoms with van der Waals surface area (Å²) in [6.45, 7) is 4.84. The van der Waals surface area contributed by atoms with Crippen LogP contribution < -0.4 is 5.32 Å². The van der Waals surface area contributed by atoms with Crippen molar-refractivity contribution in [3.05, 3.63) is 32.0 Å². The first-order valence-corrected chi connectivity index (χ1v) is 6.48. The number of rotatable bonds is 3. The third-order valence-corrected chi connectivity index (χ3v) is 3.71. The van der Waals surface area contributed by atoms with Gasteiger partial charge in [0.15, 0.2) is 0 Å². The quantitative estimate of drug-likeness (QED) is 0.940. The molecular weight excluding hydrogens is 279 g/mol. The second-order valence-electron chi connectivity index (χ2n) is 3.50. The fourth-order valence-corrected chi connectivity index (χ4v) is 2.66. The van der Waals surface area contributed by atoms with Gasteiger partial charge in [-0.15, -0.1) is 11.3 Å². The Balaban J connectivity index is 2.07. The molecule has 0 fully saturated rings. The summed E-state index contributed by atoms with van der Waals surface area (Å²) in [5, 5.41) is 3.24. The number of anilines is 1. The highest BCUT2D eigenvalue weighted by atomic mass is 35.5. The smallest absolute Gasteiger partial charge is 0.228 e.